The Morgan fingerprint density at radius 1 is 1.29 bits per heavy atom. The monoisotopic (exact) mass is 402 g/mol. The number of hydrogen-bond donors (Lipinski definition) is 1. The summed E-state index contributed by atoms with van der Waals surface area (Å²) in [6.07, 6.45) is 0.742. The number of halogens is 1. The molecule has 1 aromatic rings. The molecule has 2 rings (SSSR count). The first-order chi connectivity index (χ1) is 9.65. The standard InChI is InChI=1S/C15H16INO4/c1-15(2,3)17(14(19)20)8-11(16)10-6-5-9(7-12(10)17)13(18)21-4/h5-8H,1-4H3/p+1. The van der Waals surface area contributed by atoms with Crippen molar-refractivity contribution >= 4 is 43.9 Å². The summed E-state index contributed by atoms with van der Waals surface area (Å²) >= 11 is 2.13. The minimum Gasteiger partial charge on any atom is -0.465 e. The van der Waals surface area contributed by atoms with Crippen LogP contribution in [-0.2, 0) is 4.74 Å². The van der Waals surface area contributed by atoms with Gasteiger partial charge in [0.25, 0.3) is 0 Å². The highest BCUT2D eigenvalue weighted by Crippen LogP contribution is 2.48. The van der Waals surface area contributed by atoms with Crippen LogP contribution in [0.25, 0.3) is 3.58 Å². The highest BCUT2D eigenvalue weighted by atomic mass is 127. The molecule has 21 heavy (non-hydrogen) atoms. The number of hydrogen-bond acceptors (Lipinski definition) is 3. The summed E-state index contributed by atoms with van der Waals surface area (Å²) in [4.78, 5) is 23.8. The molecule has 0 bridgehead atoms. The summed E-state index contributed by atoms with van der Waals surface area (Å²) in [7, 11) is 1.31. The van der Waals surface area contributed by atoms with Crippen molar-refractivity contribution in [3.8, 4) is 0 Å². The third-order valence-electron chi connectivity index (χ3n) is 3.72. The van der Waals surface area contributed by atoms with Gasteiger partial charge < -0.3 is 9.84 Å². The van der Waals surface area contributed by atoms with Crippen molar-refractivity contribution in [1.29, 1.82) is 0 Å². The average Bonchev–Trinajstić information content (AvgIpc) is 2.71. The second-order valence-corrected chi connectivity index (χ2v) is 7.04. The molecule has 1 unspecified atom stereocenters. The van der Waals surface area contributed by atoms with Gasteiger partial charge in [-0.3, -0.25) is 0 Å². The van der Waals surface area contributed by atoms with E-state index >= 15 is 0 Å². The van der Waals surface area contributed by atoms with Gasteiger partial charge in [0.15, 0.2) is 5.69 Å². The first-order valence-corrected chi connectivity index (χ1v) is 7.47. The molecule has 1 aliphatic heterocycles. The fraction of sp³-hybridized carbons (Fsp3) is 0.333. The van der Waals surface area contributed by atoms with Crippen LogP contribution < -0.4 is 4.48 Å². The van der Waals surface area contributed by atoms with E-state index in [9.17, 15) is 14.7 Å². The summed E-state index contributed by atoms with van der Waals surface area (Å²) in [6.45, 7) is 5.59. The lowest BCUT2D eigenvalue weighted by atomic mass is 10.0. The number of carbonyl (C=O) groups excluding carboxylic acids is 1. The third-order valence-corrected chi connectivity index (χ3v) is 4.58. The molecule has 1 aromatic carbocycles. The molecule has 0 fully saturated rings. The largest absolute Gasteiger partial charge is 0.524 e. The van der Waals surface area contributed by atoms with Crippen LogP contribution >= 0.6 is 22.6 Å². The first-order valence-electron chi connectivity index (χ1n) is 6.39. The van der Waals surface area contributed by atoms with Gasteiger partial charge in [0.1, 0.15) is 11.7 Å². The molecule has 1 N–H and O–H groups in total. The molecular weight excluding hydrogens is 385 g/mol. The number of quaternary nitrogens is 1. The summed E-state index contributed by atoms with van der Waals surface area (Å²) in [5, 5.41) is 9.86. The van der Waals surface area contributed by atoms with Gasteiger partial charge in [-0.2, -0.15) is 9.28 Å². The van der Waals surface area contributed by atoms with Crippen molar-refractivity contribution in [3.05, 3.63) is 35.5 Å². The van der Waals surface area contributed by atoms with Gasteiger partial charge in [-0.05, 0) is 55.5 Å². The van der Waals surface area contributed by atoms with Gasteiger partial charge in [0.2, 0.25) is 0 Å². The van der Waals surface area contributed by atoms with Crippen molar-refractivity contribution in [2.24, 2.45) is 0 Å². The predicted molar refractivity (Wildman–Crippen MR) is 89.4 cm³/mol. The minimum absolute atomic E-state index is 0.342. The second-order valence-electron chi connectivity index (χ2n) is 5.88. The first kappa shape index (κ1) is 16.0. The molecule has 1 aliphatic rings. The molecule has 1 amide bonds. The smallest absolute Gasteiger partial charge is 0.465 e. The SMILES string of the molecule is COC(=O)c1ccc2c(c1)[N+](C(=O)O)(C(C)(C)C)C=C2I. The van der Waals surface area contributed by atoms with Crippen molar-refractivity contribution < 1.29 is 19.4 Å². The maximum atomic E-state index is 12.0. The maximum Gasteiger partial charge on any atom is 0.524 e. The number of fused-ring (bicyclic) bond motifs is 1. The summed E-state index contributed by atoms with van der Waals surface area (Å²) in [5.41, 5.74) is 1.18. The molecule has 5 nitrogen and oxygen atoms in total. The zero-order chi connectivity index (χ0) is 16.0. The topological polar surface area (TPSA) is 63.6 Å². The molecule has 0 aliphatic carbocycles. The van der Waals surface area contributed by atoms with Crippen molar-refractivity contribution in [3.63, 3.8) is 0 Å². The maximum absolute atomic E-state index is 12.0. The van der Waals surface area contributed by atoms with Gasteiger partial charge in [0, 0.05) is 6.07 Å². The van der Waals surface area contributed by atoms with E-state index in [4.69, 9.17) is 4.74 Å². The predicted octanol–water partition coefficient (Wildman–Crippen LogP) is 4.00. The Labute approximate surface area is 136 Å². The van der Waals surface area contributed by atoms with Crippen LogP contribution in [0.3, 0.4) is 0 Å². The quantitative estimate of drug-likeness (QED) is 0.438. The third kappa shape index (κ3) is 2.26. The number of methoxy groups -OCH3 is 1. The zero-order valence-electron chi connectivity index (χ0n) is 12.3. The average molecular weight is 402 g/mol. The highest BCUT2D eigenvalue weighted by Gasteiger charge is 2.54. The Morgan fingerprint density at radius 3 is 2.38 bits per heavy atom. The van der Waals surface area contributed by atoms with Crippen molar-refractivity contribution in [2.45, 2.75) is 26.3 Å². The number of esters is 1. The lowest BCUT2D eigenvalue weighted by Crippen LogP contribution is -2.60. The van der Waals surface area contributed by atoms with E-state index in [1.807, 2.05) is 20.8 Å². The van der Waals surface area contributed by atoms with Gasteiger partial charge in [-0.15, -0.1) is 0 Å². The number of carboxylic acid groups (broad SMARTS) is 1. The molecule has 1 atom stereocenters. The molecule has 0 radical (unpaired) electrons. The van der Waals surface area contributed by atoms with E-state index < -0.39 is 17.6 Å². The molecule has 112 valence electrons. The van der Waals surface area contributed by atoms with E-state index in [1.165, 1.54) is 7.11 Å². The number of ether oxygens (including phenoxy) is 1. The fourth-order valence-corrected chi connectivity index (χ4v) is 3.45. The van der Waals surface area contributed by atoms with Gasteiger partial charge in [-0.1, -0.05) is 0 Å². The van der Waals surface area contributed by atoms with E-state index in [0.717, 1.165) is 9.14 Å². The van der Waals surface area contributed by atoms with Crippen LogP contribution in [0.2, 0.25) is 0 Å². The fourth-order valence-electron chi connectivity index (χ4n) is 2.58. The summed E-state index contributed by atoms with van der Waals surface area (Å²) in [5.74, 6) is -0.475. The van der Waals surface area contributed by atoms with E-state index in [0.29, 0.717) is 11.3 Å². The van der Waals surface area contributed by atoms with Crippen LogP contribution in [0.5, 0.6) is 0 Å². The van der Waals surface area contributed by atoms with Gasteiger partial charge in [0.05, 0.1) is 21.8 Å². The summed E-state index contributed by atoms with van der Waals surface area (Å²) in [6, 6.07) is 5.04. The Bertz CT molecular complexity index is 660. The van der Waals surface area contributed by atoms with Crippen LogP contribution in [0.15, 0.2) is 24.4 Å². The Kier molecular flexibility index (Phi) is 3.88. The highest BCUT2D eigenvalue weighted by molar-refractivity contribution is 14.1. The molecular formula is C15H17INO4+. The Balaban J connectivity index is 2.76. The molecule has 0 spiro atoms. The lowest BCUT2D eigenvalue weighted by Gasteiger charge is -2.38. The zero-order valence-corrected chi connectivity index (χ0v) is 14.5. The van der Waals surface area contributed by atoms with Crippen LogP contribution in [0.1, 0.15) is 36.7 Å². The molecule has 0 saturated carbocycles. The number of carbonyl (C=O) groups is 2. The normalized spacial score (nSPS) is 20.7. The van der Waals surface area contributed by atoms with E-state index in [1.54, 1.807) is 24.4 Å². The number of rotatable bonds is 1. The van der Waals surface area contributed by atoms with Crippen LogP contribution in [0.4, 0.5) is 10.5 Å². The van der Waals surface area contributed by atoms with E-state index in [2.05, 4.69) is 22.6 Å². The summed E-state index contributed by atoms with van der Waals surface area (Å²) < 4.78 is 5.24. The molecule has 0 aromatic heterocycles. The Morgan fingerprint density at radius 2 is 1.90 bits per heavy atom. The number of benzene rings is 1. The number of nitrogens with zero attached hydrogens (tertiary/aromatic N) is 1. The second kappa shape index (κ2) is 5.10. The molecule has 6 heteroatoms. The van der Waals surface area contributed by atoms with Crippen LogP contribution in [0, 0.1) is 0 Å². The Hall–Kier alpha value is -1.41. The van der Waals surface area contributed by atoms with Gasteiger partial charge in [-0.25, -0.2) is 4.79 Å². The van der Waals surface area contributed by atoms with Crippen molar-refractivity contribution in [1.82, 2.24) is 4.48 Å². The number of amides is 1. The van der Waals surface area contributed by atoms with Crippen molar-refractivity contribution in [2.75, 3.05) is 7.11 Å². The molecule has 1 heterocycles. The molecule has 0 saturated heterocycles. The minimum atomic E-state index is -0.975. The van der Waals surface area contributed by atoms with E-state index in [-0.39, 0.29) is 4.48 Å². The lowest BCUT2D eigenvalue weighted by molar-refractivity contribution is 0.0600. The van der Waals surface area contributed by atoms with Gasteiger partial charge >= 0.3 is 12.1 Å². The van der Waals surface area contributed by atoms with Crippen LogP contribution in [-0.4, -0.2) is 29.8 Å².